The summed E-state index contributed by atoms with van der Waals surface area (Å²) in [5, 5.41) is 6.20. The fourth-order valence-corrected chi connectivity index (χ4v) is 2.18. The van der Waals surface area contributed by atoms with E-state index in [1.807, 2.05) is 4.90 Å². The molecule has 0 spiro atoms. The maximum atomic E-state index is 11.6. The fraction of sp³-hybridized carbons (Fsp3) is 0.889. The topological polar surface area (TPSA) is 44.4 Å². The van der Waals surface area contributed by atoms with Crippen LogP contribution in [0.2, 0.25) is 0 Å². The van der Waals surface area contributed by atoms with Crippen LogP contribution in [0.15, 0.2) is 0 Å². The quantitative estimate of drug-likeness (QED) is 0.608. The maximum absolute atomic E-state index is 11.6. The van der Waals surface area contributed by atoms with Gasteiger partial charge in [-0.2, -0.15) is 0 Å². The molecule has 1 atom stereocenters. The van der Waals surface area contributed by atoms with Crippen molar-refractivity contribution in [3.8, 4) is 0 Å². The van der Waals surface area contributed by atoms with E-state index in [0.717, 1.165) is 39.0 Å². The number of urea groups is 1. The third-order valence-corrected chi connectivity index (χ3v) is 3.08. The molecule has 4 heteroatoms. The van der Waals surface area contributed by atoms with Crippen LogP contribution in [0.4, 0.5) is 4.79 Å². The van der Waals surface area contributed by atoms with E-state index in [1.165, 1.54) is 0 Å². The highest BCUT2D eigenvalue weighted by molar-refractivity contribution is 5.75. The molecule has 2 heterocycles. The van der Waals surface area contributed by atoms with Crippen LogP contribution in [0.3, 0.4) is 0 Å². The van der Waals surface area contributed by atoms with E-state index in [0.29, 0.717) is 0 Å². The summed E-state index contributed by atoms with van der Waals surface area (Å²) in [6.45, 7) is 5.86. The van der Waals surface area contributed by atoms with Gasteiger partial charge in [0.25, 0.3) is 0 Å². The Bertz CT molecular complexity index is 211. The smallest absolute Gasteiger partial charge is 0.317 e. The highest BCUT2D eigenvalue weighted by Crippen LogP contribution is 2.23. The predicted molar refractivity (Wildman–Crippen MR) is 50.6 cm³/mol. The summed E-state index contributed by atoms with van der Waals surface area (Å²) >= 11 is 0. The molecule has 0 saturated carbocycles. The van der Waals surface area contributed by atoms with Gasteiger partial charge in [-0.1, -0.05) is 0 Å². The number of nitrogens with one attached hydrogen (secondary N) is 2. The van der Waals surface area contributed by atoms with Gasteiger partial charge >= 0.3 is 6.03 Å². The van der Waals surface area contributed by atoms with Crippen LogP contribution < -0.4 is 10.6 Å². The molecule has 1 unspecified atom stereocenters. The summed E-state index contributed by atoms with van der Waals surface area (Å²) in [7, 11) is 0. The minimum atomic E-state index is 0.0461. The number of hydrogen-bond acceptors (Lipinski definition) is 2. The molecule has 0 bridgehead atoms. The second kappa shape index (κ2) is 3.18. The van der Waals surface area contributed by atoms with Crippen LogP contribution in [-0.2, 0) is 0 Å². The Morgan fingerprint density at radius 2 is 2.31 bits per heavy atom. The van der Waals surface area contributed by atoms with Crippen molar-refractivity contribution >= 4 is 6.03 Å². The molecule has 2 aliphatic rings. The van der Waals surface area contributed by atoms with E-state index < -0.39 is 0 Å². The number of nitrogens with zero attached hydrogens (tertiary/aromatic N) is 1. The summed E-state index contributed by atoms with van der Waals surface area (Å²) in [5.41, 5.74) is 0.0461. The van der Waals surface area contributed by atoms with Crippen molar-refractivity contribution in [3.63, 3.8) is 0 Å². The van der Waals surface area contributed by atoms with Gasteiger partial charge in [0.2, 0.25) is 0 Å². The van der Waals surface area contributed by atoms with E-state index >= 15 is 0 Å². The average Bonchev–Trinajstić information content (AvgIpc) is 2.54. The lowest BCUT2D eigenvalue weighted by Gasteiger charge is -2.40. The van der Waals surface area contributed by atoms with E-state index in [9.17, 15) is 4.79 Å². The maximum Gasteiger partial charge on any atom is 0.317 e. The Morgan fingerprint density at radius 3 is 2.92 bits per heavy atom. The van der Waals surface area contributed by atoms with Crippen molar-refractivity contribution in [1.82, 2.24) is 15.5 Å². The van der Waals surface area contributed by atoms with Crippen molar-refractivity contribution in [2.75, 3.05) is 26.2 Å². The molecular weight excluding hydrogens is 166 g/mol. The van der Waals surface area contributed by atoms with Crippen LogP contribution >= 0.6 is 0 Å². The van der Waals surface area contributed by atoms with E-state index in [2.05, 4.69) is 17.6 Å². The number of carbonyl (C=O) groups excluding carboxylic acids is 1. The lowest BCUT2D eigenvalue weighted by molar-refractivity contribution is 0.122. The van der Waals surface area contributed by atoms with Crippen molar-refractivity contribution in [2.24, 2.45) is 0 Å². The summed E-state index contributed by atoms with van der Waals surface area (Å²) in [4.78, 5) is 13.6. The number of amides is 2. The molecule has 2 saturated heterocycles. The van der Waals surface area contributed by atoms with Crippen LogP contribution in [0.25, 0.3) is 0 Å². The summed E-state index contributed by atoms with van der Waals surface area (Å²) in [6, 6.07) is 0.109. The summed E-state index contributed by atoms with van der Waals surface area (Å²) in [5.74, 6) is 0. The fourth-order valence-electron chi connectivity index (χ4n) is 2.18. The van der Waals surface area contributed by atoms with Crippen molar-refractivity contribution < 1.29 is 4.79 Å². The van der Waals surface area contributed by atoms with Gasteiger partial charge in [-0.3, -0.25) is 0 Å². The highest BCUT2D eigenvalue weighted by atomic mass is 16.2. The largest absolute Gasteiger partial charge is 0.338 e. The minimum Gasteiger partial charge on any atom is -0.338 e. The first-order valence-corrected chi connectivity index (χ1v) is 4.99. The zero-order valence-corrected chi connectivity index (χ0v) is 8.10. The molecule has 2 aliphatic heterocycles. The molecule has 2 amide bonds. The molecule has 0 aromatic rings. The predicted octanol–water partition coefficient (Wildman–Crippen LogP) is 0.154. The number of rotatable bonds is 1. The van der Waals surface area contributed by atoms with Crippen molar-refractivity contribution in [1.29, 1.82) is 0 Å². The monoisotopic (exact) mass is 183 g/mol. The molecule has 13 heavy (non-hydrogen) atoms. The Balaban J connectivity index is 2.08. The van der Waals surface area contributed by atoms with Crippen LogP contribution in [0.5, 0.6) is 0 Å². The summed E-state index contributed by atoms with van der Waals surface area (Å²) in [6.07, 6.45) is 2.14. The van der Waals surface area contributed by atoms with Crippen LogP contribution in [-0.4, -0.2) is 42.6 Å². The van der Waals surface area contributed by atoms with Gasteiger partial charge in [0.15, 0.2) is 0 Å². The molecule has 74 valence electrons. The standard InChI is InChI=1S/C9H17N3O/c1-9(3-5-10-7-9)12-6-2-4-11-8(12)13/h10H,2-7H2,1H3,(H,11,13). The average molecular weight is 183 g/mol. The zero-order valence-electron chi connectivity index (χ0n) is 8.10. The first-order valence-electron chi connectivity index (χ1n) is 4.99. The highest BCUT2D eigenvalue weighted by Gasteiger charge is 2.38. The van der Waals surface area contributed by atoms with E-state index in [-0.39, 0.29) is 11.6 Å². The van der Waals surface area contributed by atoms with Crippen LogP contribution in [0, 0.1) is 0 Å². The molecule has 0 aromatic carbocycles. The molecule has 4 nitrogen and oxygen atoms in total. The second-order valence-corrected chi connectivity index (χ2v) is 4.16. The Labute approximate surface area is 78.7 Å². The first kappa shape index (κ1) is 8.81. The first-order chi connectivity index (χ1) is 6.22. The third-order valence-electron chi connectivity index (χ3n) is 3.08. The Hall–Kier alpha value is -0.770. The van der Waals surface area contributed by atoms with Crippen LogP contribution in [0.1, 0.15) is 19.8 Å². The zero-order chi connectivity index (χ0) is 9.31. The molecule has 2 rings (SSSR count). The van der Waals surface area contributed by atoms with Crippen molar-refractivity contribution in [2.45, 2.75) is 25.3 Å². The minimum absolute atomic E-state index is 0.0461. The Morgan fingerprint density at radius 1 is 1.46 bits per heavy atom. The Kier molecular flexibility index (Phi) is 2.15. The molecule has 0 aromatic heterocycles. The van der Waals surface area contributed by atoms with Gasteiger partial charge in [0, 0.05) is 19.6 Å². The van der Waals surface area contributed by atoms with Crippen molar-refractivity contribution in [3.05, 3.63) is 0 Å². The van der Waals surface area contributed by atoms with Gasteiger partial charge in [0.1, 0.15) is 0 Å². The molecular formula is C9H17N3O. The molecule has 2 N–H and O–H groups in total. The molecule has 0 aliphatic carbocycles. The second-order valence-electron chi connectivity index (χ2n) is 4.16. The van der Waals surface area contributed by atoms with Gasteiger partial charge in [-0.05, 0) is 26.3 Å². The normalized spacial score (nSPS) is 34.8. The van der Waals surface area contributed by atoms with Gasteiger partial charge in [-0.25, -0.2) is 4.79 Å². The molecule has 0 radical (unpaired) electrons. The lowest BCUT2D eigenvalue weighted by atomic mass is 9.98. The third kappa shape index (κ3) is 1.50. The van der Waals surface area contributed by atoms with Gasteiger partial charge in [0.05, 0.1) is 5.54 Å². The lowest BCUT2D eigenvalue weighted by Crippen LogP contribution is -2.58. The van der Waals surface area contributed by atoms with E-state index in [4.69, 9.17) is 0 Å². The summed E-state index contributed by atoms with van der Waals surface area (Å²) < 4.78 is 0. The number of carbonyl (C=O) groups is 1. The SMILES string of the molecule is CC1(N2CCCNC2=O)CCNC1. The van der Waals surface area contributed by atoms with E-state index in [1.54, 1.807) is 0 Å². The number of hydrogen-bond donors (Lipinski definition) is 2. The van der Waals surface area contributed by atoms with Gasteiger partial charge in [-0.15, -0.1) is 0 Å². The van der Waals surface area contributed by atoms with Gasteiger partial charge < -0.3 is 15.5 Å². The molecule has 2 fully saturated rings.